The van der Waals surface area contributed by atoms with Crippen molar-refractivity contribution in [2.75, 3.05) is 23.3 Å². The number of carbonyl (C=O) groups is 2. The summed E-state index contributed by atoms with van der Waals surface area (Å²) in [6, 6.07) is 18.1. The summed E-state index contributed by atoms with van der Waals surface area (Å²) in [7, 11) is 0. The van der Waals surface area contributed by atoms with Gasteiger partial charge < -0.3 is 10.6 Å². The number of hydrogen-bond donors (Lipinski definition) is 2. The summed E-state index contributed by atoms with van der Waals surface area (Å²) < 4.78 is 38.5. The van der Waals surface area contributed by atoms with E-state index < -0.39 is 11.7 Å². The standard InChI is InChI=1S/C23H18F3N3O2/c24-23(25,26)16-7-5-15(6-8-16)19-3-1-2-4-20(19)21(30)28-17-9-11-18(12-10-17)29-14-13-27-22(29)31/h1-12H,13-14H2,(H,27,31)(H,28,30). The highest BCUT2D eigenvalue weighted by Gasteiger charge is 2.30. The second-order valence-electron chi connectivity index (χ2n) is 7.01. The first-order valence-corrected chi connectivity index (χ1v) is 9.56. The molecule has 3 aromatic carbocycles. The molecule has 5 nitrogen and oxygen atoms in total. The molecule has 0 spiro atoms. The highest BCUT2D eigenvalue weighted by molar-refractivity contribution is 6.08. The van der Waals surface area contributed by atoms with Crippen LogP contribution in [0.2, 0.25) is 0 Å². The van der Waals surface area contributed by atoms with Crippen LogP contribution in [0.25, 0.3) is 11.1 Å². The summed E-state index contributed by atoms with van der Waals surface area (Å²) in [4.78, 5) is 26.2. The number of hydrogen-bond acceptors (Lipinski definition) is 2. The van der Waals surface area contributed by atoms with Gasteiger partial charge in [-0.3, -0.25) is 9.69 Å². The van der Waals surface area contributed by atoms with Crippen molar-refractivity contribution in [2.45, 2.75) is 6.18 Å². The van der Waals surface area contributed by atoms with Crippen molar-refractivity contribution < 1.29 is 22.8 Å². The average Bonchev–Trinajstić information content (AvgIpc) is 3.19. The molecule has 3 aromatic rings. The van der Waals surface area contributed by atoms with Crippen molar-refractivity contribution in [1.29, 1.82) is 0 Å². The molecule has 0 aliphatic carbocycles. The Hall–Kier alpha value is -3.81. The monoisotopic (exact) mass is 425 g/mol. The number of nitrogens with one attached hydrogen (secondary N) is 2. The molecule has 4 rings (SSSR count). The first-order chi connectivity index (χ1) is 14.8. The molecular weight excluding hydrogens is 407 g/mol. The number of rotatable bonds is 4. The molecule has 0 unspecified atom stereocenters. The van der Waals surface area contributed by atoms with E-state index in [-0.39, 0.29) is 11.9 Å². The minimum Gasteiger partial charge on any atom is -0.336 e. The molecule has 1 fully saturated rings. The summed E-state index contributed by atoms with van der Waals surface area (Å²) in [5.74, 6) is -0.387. The molecule has 0 saturated carbocycles. The zero-order valence-electron chi connectivity index (χ0n) is 16.2. The molecule has 31 heavy (non-hydrogen) atoms. The Labute approximate surface area is 176 Å². The first kappa shape index (κ1) is 20.5. The van der Waals surface area contributed by atoms with Crippen LogP contribution >= 0.6 is 0 Å². The van der Waals surface area contributed by atoms with Crippen LogP contribution in [0.15, 0.2) is 72.8 Å². The Morgan fingerprint density at radius 3 is 2.23 bits per heavy atom. The number of benzene rings is 3. The minimum atomic E-state index is -4.42. The third-order valence-electron chi connectivity index (χ3n) is 4.99. The van der Waals surface area contributed by atoms with E-state index in [0.29, 0.717) is 35.5 Å². The fraction of sp³-hybridized carbons (Fsp3) is 0.130. The van der Waals surface area contributed by atoms with Crippen LogP contribution in [-0.2, 0) is 6.18 Å². The molecule has 0 radical (unpaired) electrons. The van der Waals surface area contributed by atoms with Crippen molar-refractivity contribution >= 4 is 23.3 Å². The predicted octanol–water partition coefficient (Wildman–Crippen LogP) is 5.15. The molecule has 3 amide bonds. The fourth-order valence-corrected chi connectivity index (χ4v) is 3.41. The first-order valence-electron chi connectivity index (χ1n) is 9.56. The second kappa shape index (κ2) is 8.14. The van der Waals surface area contributed by atoms with Crippen LogP contribution in [-0.4, -0.2) is 25.0 Å². The van der Waals surface area contributed by atoms with Crippen LogP contribution in [0.4, 0.5) is 29.3 Å². The lowest BCUT2D eigenvalue weighted by atomic mass is 9.98. The summed E-state index contributed by atoms with van der Waals surface area (Å²) in [6.07, 6.45) is -4.42. The van der Waals surface area contributed by atoms with Crippen LogP contribution in [0, 0.1) is 0 Å². The maximum Gasteiger partial charge on any atom is 0.416 e. The van der Waals surface area contributed by atoms with Gasteiger partial charge in [-0.25, -0.2) is 4.79 Å². The predicted molar refractivity (Wildman–Crippen MR) is 112 cm³/mol. The Balaban J connectivity index is 1.54. The van der Waals surface area contributed by atoms with Gasteiger partial charge in [-0.2, -0.15) is 13.2 Å². The van der Waals surface area contributed by atoms with Crippen molar-refractivity contribution in [2.24, 2.45) is 0 Å². The summed E-state index contributed by atoms with van der Waals surface area (Å²) in [5, 5.41) is 5.52. The van der Waals surface area contributed by atoms with Gasteiger partial charge in [0, 0.05) is 30.0 Å². The van der Waals surface area contributed by atoms with Gasteiger partial charge in [0.05, 0.1) is 5.56 Å². The van der Waals surface area contributed by atoms with Gasteiger partial charge in [0.25, 0.3) is 5.91 Å². The van der Waals surface area contributed by atoms with E-state index in [1.807, 2.05) is 0 Å². The van der Waals surface area contributed by atoms with E-state index in [9.17, 15) is 22.8 Å². The smallest absolute Gasteiger partial charge is 0.336 e. The molecule has 1 heterocycles. The van der Waals surface area contributed by atoms with Crippen LogP contribution < -0.4 is 15.5 Å². The van der Waals surface area contributed by atoms with Crippen LogP contribution in [0.1, 0.15) is 15.9 Å². The van der Waals surface area contributed by atoms with Gasteiger partial charge in [0.1, 0.15) is 0 Å². The quantitative estimate of drug-likeness (QED) is 0.607. The fourth-order valence-electron chi connectivity index (χ4n) is 3.41. The summed E-state index contributed by atoms with van der Waals surface area (Å²) in [6.45, 7) is 1.16. The highest BCUT2D eigenvalue weighted by Crippen LogP contribution is 2.32. The second-order valence-corrected chi connectivity index (χ2v) is 7.01. The van der Waals surface area contributed by atoms with E-state index in [2.05, 4.69) is 10.6 Å². The Kier molecular flexibility index (Phi) is 5.37. The number of amides is 3. The van der Waals surface area contributed by atoms with Crippen LogP contribution in [0.3, 0.4) is 0 Å². The van der Waals surface area contributed by atoms with Gasteiger partial charge in [-0.15, -0.1) is 0 Å². The van der Waals surface area contributed by atoms with E-state index in [0.717, 1.165) is 17.8 Å². The number of anilines is 2. The van der Waals surface area contributed by atoms with E-state index in [1.54, 1.807) is 53.4 Å². The molecular formula is C23H18F3N3O2. The molecule has 1 aliphatic heterocycles. The molecule has 0 atom stereocenters. The number of halogens is 3. The molecule has 158 valence electrons. The third kappa shape index (κ3) is 4.37. The topological polar surface area (TPSA) is 61.4 Å². The van der Waals surface area contributed by atoms with Crippen molar-refractivity contribution in [3.05, 3.63) is 83.9 Å². The van der Waals surface area contributed by atoms with Crippen molar-refractivity contribution in [3.63, 3.8) is 0 Å². The van der Waals surface area contributed by atoms with Gasteiger partial charge in [0.2, 0.25) is 0 Å². The van der Waals surface area contributed by atoms with Gasteiger partial charge in [-0.1, -0.05) is 30.3 Å². The average molecular weight is 425 g/mol. The molecule has 0 aromatic heterocycles. The van der Waals surface area contributed by atoms with Crippen molar-refractivity contribution in [3.8, 4) is 11.1 Å². The Bertz CT molecular complexity index is 1110. The number of carbonyl (C=O) groups excluding carboxylic acids is 2. The molecule has 1 saturated heterocycles. The number of alkyl halides is 3. The van der Waals surface area contributed by atoms with Crippen molar-refractivity contribution in [1.82, 2.24) is 5.32 Å². The largest absolute Gasteiger partial charge is 0.416 e. The van der Waals surface area contributed by atoms with Gasteiger partial charge >= 0.3 is 12.2 Å². The Morgan fingerprint density at radius 2 is 1.61 bits per heavy atom. The normalized spacial score (nSPS) is 13.8. The highest BCUT2D eigenvalue weighted by atomic mass is 19.4. The zero-order chi connectivity index (χ0) is 22.0. The SMILES string of the molecule is O=C(Nc1ccc(N2CCNC2=O)cc1)c1ccccc1-c1ccc(C(F)(F)F)cc1. The van der Waals surface area contributed by atoms with E-state index in [1.165, 1.54) is 12.1 Å². The summed E-state index contributed by atoms with van der Waals surface area (Å²) in [5.41, 5.74) is 1.89. The maximum atomic E-state index is 12.9. The molecule has 2 N–H and O–H groups in total. The lowest BCUT2D eigenvalue weighted by Crippen LogP contribution is -2.27. The number of urea groups is 1. The lowest BCUT2D eigenvalue weighted by molar-refractivity contribution is -0.137. The summed E-state index contributed by atoms with van der Waals surface area (Å²) >= 11 is 0. The lowest BCUT2D eigenvalue weighted by Gasteiger charge is -2.15. The molecule has 8 heteroatoms. The Morgan fingerprint density at radius 1 is 0.935 bits per heavy atom. The minimum absolute atomic E-state index is 0.165. The van der Waals surface area contributed by atoms with E-state index >= 15 is 0 Å². The molecule has 0 bridgehead atoms. The maximum absolute atomic E-state index is 12.9. The van der Waals surface area contributed by atoms with Crippen LogP contribution in [0.5, 0.6) is 0 Å². The van der Waals surface area contributed by atoms with E-state index in [4.69, 9.17) is 0 Å². The van der Waals surface area contributed by atoms with Gasteiger partial charge in [-0.05, 0) is 53.6 Å². The number of nitrogens with zero attached hydrogens (tertiary/aromatic N) is 1. The zero-order valence-corrected chi connectivity index (χ0v) is 16.2. The third-order valence-corrected chi connectivity index (χ3v) is 4.99. The van der Waals surface area contributed by atoms with Gasteiger partial charge in [0.15, 0.2) is 0 Å². The molecule has 1 aliphatic rings.